The average molecular weight is 201 g/mol. The molecule has 0 fully saturated rings. The third kappa shape index (κ3) is 9.78. The first-order valence-corrected chi connectivity index (χ1v) is 3.33. The van der Waals surface area contributed by atoms with E-state index in [1.807, 2.05) is 0 Å². The molecule has 0 saturated carbocycles. The second-order valence-electron chi connectivity index (χ2n) is 2.22. The second kappa shape index (κ2) is 8.46. The third-order valence-electron chi connectivity index (χ3n) is 1.13. The van der Waals surface area contributed by atoms with E-state index in [-0.39, 0.29) is 57.2 Å². The molecule has 0 saturated heterocycles. The van der Waals surface area contributed by atoms with Gasteiger partial charge in [0.2, 0.25) is 0 Å². The van der Waals surface area contributed by atoms with E-state index in [9.17, 15) is 9.59 Å². The molecule has 0 aliphatic rings. The van der Waals surface area contributed by atoms with Crippen molar-refractivity contribution in [3.05, 3.63) is 0 Å². The van der Waals surface area contributed by atoms with Gasteiger partial charge in [0.25, 0.3) is 0 Å². The van der Waals surface area contributed by atoms with Crippen LogP contribution in [0.2, 0.25) is 0 Å². The number of aliphatic hydroxyl groups excluding tert-OH is 1. The van der Waals surface area contributed by atoms with Crippen molar-refractivity contribution >= 4 is 11.9 Å². The maximum Gasteiger partial charge on any atom is 1.00 e. The molecule has 6 nitrogen and oxygen atoms in total. The average Bonchev–Trinajstić information content (AvgIpc) is 1.84. The van der Waals surface area contributed by atoms with E-state index in [1.165, 1.54) is 0 Å². The van der Waals surface area contributed by atoms with Crippen molar-refractivity contribution < 1.29 is 55.9 Å². The summed E-state index contributed by atoms with van der Waals surface area (Å²) in [7, 11) is 0. The topological polar surface area (TPSA) is 98.1 Å². The molecular weight excluding hydrogens is 189 g/mol. The van der Waals surface area contributed by atoms with E-state index in [0.29, 0.717) is 0 Å². The van der Waals surface area contributed by atoms with Gasteiger partial charge in [0, 0.05) is 6.54 Å². The van der Waals surface area contributed by atoms with Crippen LogP contribution in [-0.4, -0.2) is 58.4 Å². The molecule has 0 spiro atoms. The Kier molecular flexibility index (Phi) is 9.98. The van der Waals surface area contributed by atoms with Crippen molar-refractivity contribution in [2.24, 2.45) is 0 Å². The zero-order valence-corrected chi connectivity index (χ0v) is 9.43. The van der Waals surface area contributed by atoms with Crippen LogP contribution in [-0.2, 0) is 9.59 Å². The molecule has 0 aliphatic carbocycles. The fourth-order valence-corrected chi connectivity index (χ4v) is 0.738. The summed E-state index contributed by atoms with van der Waals surface area (Å²) in [6, 6.07) is 0. The van der Waals surface area contributed by atoms with Gasteiger partial charge >= 0.3 is 41.5 Å². The van der Waals surface area contributed by atoms with Crippen LogP contribution in [0.5, 0.6) is 0 Å². The minimum Gasteiger partial charge on any atom is -1.00 e. The SMILES string of the molecule is O=C(O)CN(CCO)CC(=O)O.[H-].[Na+]. The fourth-order valence-electron chi connectivity index (χ4n) is 0.738. The summed E-state index contributed by atoms with van der Waals surface area (Å²) in [5, 5.41) is 25.0. The number of aliphatic carboxylic acids is 2. The predicted octanol–water partition coefficient (Wildman–Crippen LogP) is -4.43. The smallest absolute Gasteiger partial charge is 1.00 e. The van der Waals surface area contributed by atoms with Gasteiger partial charge in [-0.1, -0.05) is 0 Å². The minimum absolute atomic E-state index is 0. The van der Waals surface area contributed by atoms with Gasteiger partial charge in [-0.05, 0) is 0 Å². The molecule has 0 radical (unpaired) electrons. The van der Waals surface area contributed by atoms with Crippen molar-refractivity contribution in [1.82, 2.24) is 4.90 Å². The predicted molar refractivity (Wildman–Crippen MR) is 39.9 cm³/mol. The first kappa shape index (κ1) is 15.3. The zero-order chi connectivity index (χ0) is 9.56. The van der Waals surface area contributed by atoms with Crippen LogP contribution < -0.4 is 29.6 Å². The molecular formula is C6H12NNaO5. The summed E-state index contributed by atoms with van der Waals surface area (Å²) < 4.78 is 0. The molecule has 0 aromatic heterocycles. The molecule has 0 unspecified atom stereocenters. The Bertz CT molecular complexity index is 164. The van der Waals surface area contributed by atoms with Crippen molar-refractivity contribution in [2.45, 2.75) is 0 Å². The third-order valence-corrected chi connectivity index (χ3v) is 1.13. The summed E-state index contributed by atoms with van der Waals surface area (Å²) in [4.78, 5) is 21.4. The van der Waals surface area contributed by atoms with E-state index in [4.69, 9.17) is 15.3 Å². The van der Waals surface area contributed by atoms with Gasteiger partial charge in [0.1, 0.15) is 0 Å². The van der Waals surface area contributed by atoms with Crippen molar-refractivity contribution in [2.75, 3.05) is 26.2 Å². The van der Waals surface area contributed by atoms with Gasteiger partial charge in [0.05, 0.1) is 19.7 Å². The van der Waals surface area contributed by atoms with Crippen LogP contribution in [0.25, 0.3) is 0 Å². The summed E-state index contributed by atoms with van der Waals surface area (Å²) in [5.74, 6) is -2.21. The number of aliphatic hydroxyl groups is 1. The van der Waals surface area contributed by atoms with Gasteiger partial charge in [-0.3, -0.25) is 14.5 Å². The maximum atomic E-state index is 10.1. The molecule has 0 amide bonds. The number of hydrogen-bond donors (Lipinski definition) is 3. The molecule has 0 atom stereocenters. The van der Waals surface area contributed by atoms with Gasteiger partial charge in [-0.25, -0.2) is 0 Å². The largest absolute Gasteiger partial charge is 1.00 e. The van der Waals surface area contributed by atoms with Crippen molar-refractivity contribution in [3.63, 3.8) is 0 Å². The minimum atomic E-state index is -1.11. The van der Waals surface area contributed by atoms with Crippen LogP contribution in [0.15, 0.2) is 0 Å². The summed E-state index contributed by atoms with van der Waals surface area (Å²) in [6.07, 6.45) is 0. The molecule has 0 rings (SSSR count). The summed E-state index contributed by atoms with van der Waals surface area (Å²) >= 11 is 0. The zero-order valence-electron chi connectivity index (χ0n) is 8.43. The van der Waals surface area contributed by atoms with Crippen LogP contribution in [0.3, 0.4) is 0 Å². The number of carboxylic acid groups (broad SMARTS) is 2. The number of carbonyl (C=O) groups is 2. The molecule has 0 aromatic rings. The monoisotopic (exact) mass is 201 g/mol. The second-order valence-corrected chi connectivity index (χ2v) is 2.22. The van der Waals surface area contributed by atoms with E-state index < -0.39 is 11.9 Å². The Morgan fingerprint density at radius 3 is 1.77 bits per heavy atom. The summed E-state index contributed by atoms with van der Waals surface area (Å²) in [6.45, 7) is -0.932. The molecule has 13 heavy (non-hydrogen) atoms. The van der Waals surface area contributed by atoms with Gasteiger partial charge in [0.15, 0.2) is 0 Å². The Morgan fingerprint density at radius 2 is 1.54 bits per heavy atom. The molecule has 7 heteroatoms. The molecule has 72 valence electrons. The van der Waals surface area contributed by atoms with E-state index in [1.54, 1.807) is 0 Å². The Labute approximate surface area is 98.9 Å². The first-order valence-electron chi connectivity index (χ1n) is 3.33. The van der Waals surface area contributed by atoms with E-state index in [2.05, 4.69) is 0 Å². The summed E-state index contributed by atoms with van der Waals surface area (Å²) in [5.41, 5.74) is 0. The fraction of sp³-hybridized carbons (Fsp3) is 0.667. The van der Waals surface area contributed by atoms with E-state index in [0.717, 1.165) is 4.90 Å². The Balaban J connectivity index is -0.000000605. The van der Waals surface area contributed by atoms with Gasteiger partial charge < -0.3 is 16.7 Å². The van der Waals surface area contributed by atoms with Crippen molar-refractivity contribution in [1.29, 1.82) is 0 Å². The van der Waals surface area contributed by atoms with Gasteiger partial charge in [-0.15, -0.1) is 0 Å². The molecule has 0 heterocycles. The number of hydrogen-bond acceptors (Lipinski definition) is 4. The van der Waals surface area contributed by atoms with Crippen LogP contribution in [0.1, 0.15) is 1.43 Å². The molecule has 0 aliphatic heterocycles. The first-order chi connectivity index (χ1) is 5.56. The van der Waals surface area contributed by atoms with Crippen LogP contribution >= 0.6 is 0 Å². The molecule has 0 aromatic carbocycles. The molecule has 3 N–H and O–H groups in total. The number of carboxylic acids is 2. The van der Waals surface area contributed by atoms with Crippen molar-refractivity contribution in [3.8, 4) is 0 Å². The van der Waals surface area contributed by atoms with Crippen LogP contribution in [0.4, 0.5) is 0 Å². The van der Waals surface area contributed by atoms with E-state index >= 15 is 0 Å². The Morgan fingerprint density at radius 1 is 1.15 bits per heavy atom. The standard InChI is InChI=1S/C6H11NO5.Na.H/c8-2-1-7(3-5(9)10)4-6(11)12;;/h8H,1-4H2,(H,9,10)(H,11,12);;/q;+1;-1. The molecule has 0 bridgehead atoms. The normalized spacial score (nSPS) is 9.38. The van der Waals surface area contributed by atoms with Gasteiger partial charge in [-0.2, -0.15) is 0 Å². The quantitative estimate of drug-likeness (QED) is 0.375. The number of nitrogens with zero attached hydrogens (tertiary/aromatic N) is 1. The number of rotatable bonds is 6. The van der Waals surface area contributed by atoms with Crippen LogP contribution in [0, 0.1) is 0 Å². The maximum absolute atomic E-state index is 10.1. The Hall–Kier alpha value is -0.140.